The van der Waals surface area contributed by atoms with Gasteiger partial charge in [-0.25, -0.2) is 0 Å². The van der Waals surface area contributed by atoms with E-state index >= 15 is 0 Å². The quantitative estimate of drug-likeness (QED) is 0.722. The van der Waals surface area contributed by atoms with E-state index in [2.05, 4.69) is 40.3 Å². The first-order valence-corrected chi connectivity index (χ1v) is 10.1. The Hall–Kier alpha value is -0.560. The van der Waals surface area contributed by atoms with Crippen LogP contribution in [-0.4, -0.2) is 67.1 Å². The molecule has 0 radical (unpaired) electrons. The predicted octanol–water partition coefficient (Wildman–Crippen LogP) is 3.12. The summed E-state index contributed by atoms with van der Waals surface area (Å²) in [5, 5.41) is 7.43. The maximum atomic E-state index is 12.6. The lowest BCUT2D eigenvalue weighted by molar-refractivity contribution is -0.124. The van der Waals surface area contributed by atoms with Crippen molar-refractivity contribution in [3.8, 4) is 0 Å². The second-order valence-electron chi connectivity index (χ2n) is 7.72. The fraction of sp³-hybridized carbons (Fsp3) is 0.650. The van der Waals surface area contributed by atoms with Gasteiger partial charge in [0.15, 0.2) is 0 Å². The van der Waals surface area contributed by atoms with Crippen LogP contribution in [0, 0.1) is 0 Å². The average Bonchev–Trinajstić information content (AvgIpc) is 2.62. The van der Waals surface area contributed by atoms with Gasteiger partial charge < -0.3 is 15.5 Å². The van der Waals surface area contributed by atoms with Gasteiger partial charge in [-0.1, -0.05) is 23.7 Å². The van der Waals surface area contributed by atoms with E-state index in [9.17, 15) is 4.79 Å². The summed E-state index contributed by atoms with van der Waals surface area (Å²) < 4.78 is 0. The molecule has 28 heavy (non-hydrogen) atoms. The molecule has 2 fully saturated rings. The zero-order valence-electron chi connectivity index (χ0n) is 16.7. The van der Waals surface area contributed by atoms with Crippen molar-refractivity contribution in [3.63, 3.8) is 0 Å². The standard InChI is InChI=1S/C20H31ClN4O.2ClH/c1-15(2)24-9-6-18(7-10-24)23-20(26)14-25-11-8-22-13-19(25)16-4-3-5-17(21)12-16;;/h3-5,12,15,18-19,22H,6-11,13-14H2,1-2H3,(H,23,26);2*1H. The maximum Gasteiger partial charge on any atom is 0.234 e. The van der Waals surface area contributed by atoms with Crippen LogP contribution in [0.1, 0.15) is 38.3 Å². The summed E-state index contributed by atoms with van der Waals surface area (Å²) >= 11 is 6.16. The number of piperazine rings is 1. The molecule has 2 aliphatic rings. The van der Waals surface area contributed by atoms with E-state index in [0.29, 0.717) is 18.6 Å². The first-order valence-electron chi connectivity index (χ1n) is 9.76. The van der Waals surface area contributed by atoms with Gasteiger partial charge in [-0.2, -0.15) is 0 Å². The first-order chi connectivity index (χ1) is 12.5. The molecule has 160 valence electrons. The molecule has 8 heteroatoms. The highest BCUT2D eigenvalue weighted by atomic mass is 35.5. The second-order valence-corrected chi connectivity index (χ2v) is 8.15. The molecule has 0 aliphatic carbocycles. The summed E-state index contributed by atoms with van der Waals surface area (Å²) in [6, 6.07) is 9.06. The van der Waals surface area contributed by atoms with Gasteiger partial charge in [0, 0.05) is 55.9 Å². The number of nitrogens with one attached hydrogen (secondary N) is 2. The lowest BCUT2D eigenvalue weighted by Gasteiger charge is -2.37. The number of benzene rings is 1. The zero-order chi connectivity index (χ0) is 18.5. The Bertz CT molecular complexity index is 609. The molecule has 0 aromatic heterocycles. The highest BCUT2D eigenvalue weighted by Crippen LogP contribution is 2.24. The van der Waals surface area contributed by atoms with E-state index in [4.69, 9.17) is 11.6 Å². The minimum Gasteiger partial charge on any atom is -0.352 e. The van der Waals surface area contributed by atoms with Gasteiger partial charge in [-0.15, -0.1) is 24.8 Å². The van der Waals surface area contributed by atoms with Crippen LogP contribution in [0.15, 0.2) is 24.3 Å². The van der Waals surface area contributed by atoms with Crippen molar-refractivity contribution in [3.05, 3.63) is 34.9 Å². The van der Waals surface area contributed by atoms with Gasteiger partial charge in [0.25, 0.3) is 0 Å². The van der Waals surface area contributed by atoms with Crippen molar-refractivity contribution in [2.75, 3.05) is 39.3 Å². The van der Waals surface area contributed by atoms with Crippen LogP contribution in [0.2, 0.25) is 5.02 Å². The zero-order valence-corrected chi connectivity index (χ0v) is 19.1. The van der Waals surface area contributed by atoms with E-state index in [-0.39, 0.29) is 36.8 Å². The molecule has 3 rings (SSSR count). The number of carbonyl (C=O) groups is 1. The molecule has 1 unspecified atom stereocenters. The Morgan fingerprint density at radius 1 is 1.25 bits per heavy atom. The Morgan fingerprint density at radius 3 is 2.61 bits per heavy atom. The third-order valence-electron chi connectivity index (χ3n) is 5.56. The number of piperidine rings is 1. The summed E-state index contributed by atoms with van der Waals surface area (Å²) in [6.07, 6.45) is 2.09. The largest absolute Gasteiger partial charge is 0.352 e. The van der Waals surface area contributed by atoms with Gasteiger partial charge in [0.05, 0.1) is 6.54 Å². The topological polar surface area (TPSA) is 47.6 Å². The Kier molecular flexibility index (Phi) is 11.1. The van der Waals surface area contributed by atoms with Crippen LogP contribution in [0.5, 0.6) is 0 Å². The number of halogens is 3. The first kappa shape index (κ1) is 25.5. The molecule has 2 aliphatic heterocycles. The van der Waals surface area contributed by atoms with Crippen molar-refractivity contribution in [1.82, 2.24) is 20.4 Å². The van der Waals surface area contributed by atoms with Crippen LogP contribution in [0.25, 0.3) is 0 Å². The SMILES string of the molecule is CC(C)N1CCC(NC(=O)CN2CCNCC2c2cccc(Cl)c2)CC1.Cl.Cl. The molecule has 1 amide bonds. The predicted molar refractivity (Wildman–Crippen MR) is 121 cm³/mol. The average molecular weight is 452 g/mol. The van der Waals surface area contributed by atoms with Crippen LogP contribution in [-0.2, 0) is 4.79 Å². The molecule has 2 N–H and O–H groups in total. The summed E-state index contributed by atoms with van der Waals surface area (Å²) in [7, 11) is 0. The number of rotatable bonds is 5. The van der Waals surface area contributed by atoms with Crippen molar-refractivity contribution in [1.29, 1.82) is 0 Å². The number of amides is 1. The van der Waals surface area contributed by atoms with E-state index < -0.39 is 0 Å². The number of carbonyl (C=O) groups excluding carboxylic acids is 1. The monoisotopic (exact) mass is 450 g/mol. The smallest absolute Gasteiger partial charge is 0.234 e. The third kappa shape index (κ3) is 7.05. The lowest BCUT2D eigenvalue weighted by atomic mass is 10.0. The second kappa shape index (κ2) is 12.2. The molecule has 2 saturated heterocycles. The fourth-order valence-electron chi connectivity index (χ4n) is 4.00. The number of hydrogen-bond donors (Lipinski definition) is 2. The van der Waals surface area contributed by atoms with E-state index in [0.717, 1.165) is 50.6 Å². The number of likely N-dealkylation sites (tertiary alicyclic amines) is 1. The Balaban J connectivity index is 0.00000196. The number of nitrogens with zero attached hydrogens (tertiary/aromatic N) is 2. The molecule has 0 bridgehead atoms. The summed E-state index contributed by atoms with van der Waals surface area (Å²) in [5.41, 5.74) is 1.17. The normalized spacial score (nSPS) is 21.6. The van der Waals surface area contributed by atoms with Crippen molar-refractivity contribution >= 4 is 42.3 Å². The highest BCUT2D eigenvalue weighted by Gasteiger charge is 2.27. The third-order valence-corrected chi connectivity index (χ3v) is 5.79. The molecular formula is C20H33Cl3N4O. The molecule has 1 aromatic rings. The van der Waals surface area contributed by atoms with Crippen LogP contribution < -0.4 is 10.6 Å². The highest BCUT2D eigenvalue weighted by molar-refractivity contribution is 6.30. The summed E-state index contributed by atoms with van der Waals surface area (Å²) in [4.78, 5) is 17.4. The van der Waals surface area contributed by atoms with Crippen molar-refractivity contribution < 1.29 is 4.79 Å². The van der Waals surface area contributed by atoms with Crippen LogP contribution in [0.4, 0.5) is 0 Å². The summed E-state index contributed by atoms with van der Waals surface area (Å²) in [6.45, 7) is 9.69. The van der Waals surface area contributed by atoms with Gasteiger partial charge in [-0.05, 0) is 44.4 Å². The Labute approximate surface area is 186 Å². The van der Waals surface area contributed by atoms with Crippen LogP contribution in [0.3, 0.4) is 0 Å². The van der Waals surface area contributed by atoms with E-state index in [1.807, 2.05) is 18.2 Å². The van der Waals surface area contributed by atoms with E-state index in [1.54, 1.807) is 0 Å². The van der Waals surface area contributed by atoms with Crippen molar-refractivity contribution in [2.24, 2.45) is 0 Å². The molecule has 0 spiro atoms. The molecule has 0 saturated carbocycles. The lowest BCUT2D eigenvalue weighted by Crippen LogP contribution is -2.52. The molecule has 1 aromatic carbocycles. The van der Waals surface area contributed by atoms with Gasteiger partial charge in [-0.3, -0.25) is 9.69 Å². The molecular weight excluding hydrogens is 419 g/mol. The molecule has 5 nitrogen and oxygen atoms in total. The van der Waals surface area contributed by atoms with Gasteiger partial charge in [0.1, 0.15) is 0 Å². The van der Waals surface area contributed by atoms with Crippen LogP contribution >= 0.6 is 36.4 Å². The minimum atomic E-state index is 0. The molecule has 1 atom stereocenters. The fourth-order valence-corrected chi connectivity index (χ4v) is 4.19. The Morgan fingerprint density at radius 2 is 1.96 bits per heavy atom. The maximum absolute atomic E-state index is 12.6. The minimum absolute atomic E-state index is 0. The van der Waals surface area contributed by atoms with E-state index in [1.165, 1.54) is 5.56 Å². The number of hydrogen-bond acceptors (Lipinski definition) is 4. The van der Waals surface area contributed by atoms with Gasteiger partial charge in [0.2, 0.25) is 5.91 Å². The summed E-state index contributed by atoms with van der Waals surface area (Å²) in [5.74, 6) is 0.141. The van der Waals surface area contributed by atoms with Gasteiger partial charge >= 0.3 is 0 Å². The van der Waals surface area contributed by atoms with Crippen molar-refractivity contribution in [2.45, 2.75) is 44.8 Å². The molecule has 2 heterocycles.